The summed E-state index contributed by atoms with van der Waals surface area (Å²) in [6.45, 7) is 1.42. The fraction of sp³-hybridized carbons (Fsp3) is 0.300. The van der Waals surface area contributed by atoms with Crippen LogP contribution in [0.5, 0.6) is 0 Å². The Morgan fingerprint density at radius 2 is 1.56 bits per heavy atom. The number of esters is 1. The topological polar surface area (TPSA) is 72.6 Å². The monoisotopic (exact) mass is 338 g/mol. The van der Waals surface area contributed by atoms with Gasteiger partial charge in [0.25, 0.3) is 5.91 Å². The first kappa shape index (κ1) is 17.0. The van der Waals surface area contributed by atoms with Crippen molar-refractivity contribution in [2.24, 2.45) is 0 Å². The van der Waals surface area contributed by atoms with Gasteiger partial charge in [-0.05, 0) is 43.5 Å². The third-order valence-corrected chi connectivity index (χ3v) is 4.37. The summed E-state index contributed by atoms with van der Waals surface area (Å²) in [4.78, 5) is 27.2. The highest BCUT2D eigenvalue weighted by atomic mass is 16.5. The van der Waals surface area contributed by atoms with Crippen molar-refractivity contribution in [3.05, 3.63) is 65.7 Å². The van der Waals surface area contributed by atoms with Crippen molar-refractivity contribution in [2.45, 2.75) is 25.4 Å². The number of anilines is 1. The first-order chi connectivity index (χ1) is 12.1. The molecular formula is C20H22N2O3. The van der Waals surface area contributed by atoms with Gasteiger partial charge in [-0.1, -0.05) is 30.3 Å². The van der Waals surface area contributed by atoms with Crippen LogP contribution in [0, 0.1) is 0 Å². The normalized spacial score (nSPS) is 15.4. The van der Waals surface area contributed by atoms with Crippen molar-refractivity contribution in [1.82, 2.24) is 4.90 Å². The molecule has 25 heavy (non-hydrogen) atoms. The minimum atomic E-state index is -0.927. The van der Waals surface area contributed by atoms with Crippen LogP contribution in [0.3, 0.4) is 0 Å². The molecule has 0 bridgehead atoms. The second-order valence-corrected chi connectivity index (χ2v) is 6.20. The molecular weight excluding hydrogens is 316 g/mol. The van der Waals surface area contributed by atoms with Crippen molar-refractivity contribution in [1.29, 1.82) is 0 Å². The molecule has 0 saturated carbocycles. The maximum absolute atomic E-state index is 12.9. The number of ether oxygens (including phenoxy) is 1. The quantitative estimate of drug-likeness (QED) is 0.686. The molecule has 1 saturated heterocycles. The zero-order chi connectivity index (χ0) is 17.6. The van der Waals surface area contributed by atoms with Crippen LogP contribution in [0.25, 0.3) is 0 Å². The van der Waals surface area contributed by atoms with Gasteiger partial charge in [-0.25, -0.2) is 4.79 Å². The molecule has 5 heteroatoms. The number of benzene rings is 2. The number of rotatable bonds is 4. The number of hydrogen-bond acceptors (Lipinski definition) is 4. The van der Waals surface area contributed by atoms with E-state index in [1.807, 2.05) is 30.3 Å². The minimum Gasteiger partial charge on any atom is -0.444 e. The molecule has 0 unspecified atom stereocenters. The van der Waals surface area contributed by atoms with E-state index in [9.17, 15) is 9.59 Å². The number of piperidine rings is 1. The molecule has 2 N–H and O–H groups in total. The van der Waals surface area contributed by atoms with Crippen molar-refractivity contribution >= 4 is 17.6 Å². The van der Waals surface area contributed by atoms with Gasteiger partial charge in [0, 0.05) is 24.3 Å². The number of carbonyl (C=O) groups is 2. The van der Waals surface area contributed by atoms with E-state index in [0.29, 0.717) is 29.9 Å². The molecule has 1 atom stereocenters. The minimum absolute atomic E-state index is 0.158. The van der Waals surface area contributed by atoms with Gasteiger partial charge in [0.2, 0.25) is 6.10 Å². The highest BCUT2D eigenvalue weighted by Gasteiger charge is 2.30. The second-order valence-electron chi connectivity index (χ2n) is 6.20. The lowest BCUT2D eigenvalue weighted by molar-refractivity contribution is -0.142. The van der Waals surface area contributed by atoms with E-state index in [0.717, 1.165) is 19.3 Å². The molecule has 3 rings (SSSR count). The van der Waals surface area contributed by atoms with E-state index in [-0.39, 0.29) is 5.91 Å². The standard InChI is InChI=1S/C20H22N2O3/c21-17-11-9-16(10-12-17)20(24)25-18(15-7-3-1-4-8-15)19(23)22-13-5-2-6-14-22/h1,3-4,7-12,18H,2,5-6,13-14,21H2/t18-/m1/s1. The van der Waals surface area contributed by atoms with Gasteiger partial charge >= 0.3 is 5.97 Å². The van der Waals surface area contributed by atoms with Crippen molar-refractivity contribution in [2.75, 3.05) is 18.8 Å². The lowest BCUT2D eigenvalue weighted by Gasteiger charge is -2.30. The molecule has 1 fully saturated rings. The summed E-state index contributed by atoms with van der Waals surface area (Å²) < 4.78 is 5.61. The average molecular weight is 338 g/mol. The SMILES string of the molecule is Nc1ccc(C(=O)O[C@@H](C(=O)N2CCCCC2)c2ccccc2)cc1. The molecule has 1 aliphatic rings. The third-order valence-electron chi connectivity index (χ3n) is 4.37. The van der Waals surface area contributed by atoms with Crippen molar-refractivity contribution < 1.29 is 14.3 Å². The Hall–Kier alpha value is -2.82. The Morgan fingerprint density at radius 3 is 2.20 bits per heavy atom. The van der Waals surface area contributed by atoms with Gasteiger partial charge in [-0.2, -0.15) is 0 Å². The van der Waals surface area contributed by atoms with E-state index in [1.165, 1.54) is 0 Å². The molecule has 2 aromatic carbocycles. The van der Waals surface area contributed by atoms with Crippen LogP contribution in [0.2, 0.25) is 0 Å². The maximum Gasteiger partial charge on any atom is 0.339 e. The molecule has 2 aromatic rings. The molecule has 0 radical (unpaired) electrons. The average Bonchev–Trinajstić information content (AvgIpc) is 2.67. The first-order valence-corrected chi connectivity index (χ1v) is 8.55. The van der Waals surface area contributed by atoms with Crippen LogP contribution in [0.15, 0.2) is 54.6 Å². The fourth-order valence-electron chi connectivity index (χ4n) is 2.96. The second kappa shape index (κ2) is 7.83. The zero-order valence-electron chi connectivity index (χ0n) is 14.1. The van der Waals surface area contributed by atoms with E-state index in [2.05, 4.69) is 0 Å². The molecule has 130 valence electrons. The highest BCUT2D eigenvalue weighted by molar-refractivity contribution is 5.93. The Bertz CT molecular complexity index is 722. The Morgan fingerprint density at radius 1 is 0.920 bits per heavy atom. The smallest absolute Gasteiger partial charge is 0.339 e. The van der Waals surface area contributed by atoms with Crippen LogP contribution >= 0.6 is 0 Å². The fourth-order valence-corrected chi connectivity index (χ4v) is 2.96. The zero-order valence-corrected chi connectivity index (χ0v) is 14.1. The Kier molecular flexibility index (Phi) is 5.33. The van der Waals surface area contributed by atoms with Gasteiger partial charge in [-0.15, -0.1) is 0 Å². The molecule has 0 aliphatic carbocycles. The molecule has 1 aliphatic heterocycles. The molecule has 1 amide bonds. The summed E-state index contributed by atoms with van der Waals surface area (Å²) in [7, 11) is 0. The molecule has 0 aromatic heterocycles. The lowest BCUT2D eigenvalue weighted by Crippen LogP contribution is -2.40. The van der Waals surface area contributed by atoms with Gasteiger partial charge in [-0.3, -0.25) is 4.79 Å². The summed E-state index contributed by atoms with van der Waals surface area (Å²) in [5.74, 6) is -0.686. The van der Waals surface area contributed by atoms with Crippen LogP contribution in [0.4, 0.5) is 5.69 Å². The lowest BCUT2D eigenvalue weighted by atomic mass is 10.1. The van der Waals surface area contributed by atoms with Gasteiger partial charge in [0.15, 0.2) is 0 Å². The summed E-state index contributed by atoms with van der Waals surface area (Å²) in [6, 6.07) is 15.6. The van der Waals surface area contributed by atoms with Crippen LogP contribution in [0.1, 0.15) is 41.3 Å². The predicted octanol–water partition coefficient (Wildman–Crippen LogP) is 3.18. The van der Waals surface area contributed by atoms with Crippen LogP contribution in [-0.4, -0.2) is 29.9 Å². The first-order valence-electron chi connectivity index (χ1n) is 8.55. The van der Waals surface area contributed by atoms with E-state index in [1.54, 1.807) is 29.2 Å². The predicted molar refractivity (Wildman–Crippen MR) is 95.9 cm³/mol. The summed E-state index contributed by atoms with van der Waals surface area (Å²) in [5, 5.41) is 0. The summed E-state index contributed by atoms with van der Waals surface area (Å²) in [5.41, 5.74) is 7.28. The van der Waals surface area contributed by atoms with Gasteiger partial charge in [0.05, 0.1) is 5.56 Å². The largest absolute Gasteiger partial charge is 0.444 e. The number of nitrogen functional groups attached to an aromatic ring is 1. The number of hydrogen-bond donors (Lipinski definition) is 1. The maximum atomic E-state index is 12.9. The number of likely N-dealkylation sites (tertiary alicyclic amines) is 1. The van der Waals surface area contributed by atoms with Gasteiger partial charge in [0.1, 0.15) is 0 Å². The van der Waals surface area contributed by atoms with E-state index >= 15 is 0 Å². The van der Waals surface area contributed by atoms with Crippen LogP contribution in [-0.2, 0) is 9.53 Å². The molecule has 5 nitrogen and oxygen atoms in total. The number of nitrogens with zero attached hydrogens (tertiary/aromatic N) is 1. The number of carbonyl (C=O) groups excluding carboxylic acids is 2. The highest BCUT2D eigenvalue weighted by Crippen LogP contribution is 2.24. The third kappa shape index (κ3) is 4.18. The van der Waals surface area contributed by atoms with Crippen LogP contribution < -0.4 is 5.73 Å². The van der Waals surface area contributed by atoms with E-state index in [4.69, 9.17) is 10.5 Å². The van der Waals surface area contributed by atoms with Crippen molar-refractivity contribution in [3.63, 3.8) is 0 Å². The molecule has 1 heterocycles. The summed E-state index contributed by atoms with van der Waals surface area (Å²) >= 11 is 0. The Balaban J connectivity index is 1.82. The Labute approximate surface area is 147 Å². The number of amides is 1. The molecule has 0 spiro atoms. The summed E-state index contributed by atoms with van der Waals surface area (Å²) in [6.07, 6.45) is 2.17. The van der Waals surface area contributed by atoms with Gasteiger partial charge < -0.3 is 15.4 Å². The number of nitrogens with two attached hydrogens (primary N) is 1. The van der Waals surface area contributed by atoms with E-state index < -0.39 is 12.1 Å². The van der Waals surface area contributed by atoms with Crippen molar-refractivity contribution in [3.8, 4) is 0 Å².